The second-order valence-corrected chi connectivity index (χ2v) is 6.10. The van der Waals surface area contributed by atoms with E-state index < -0.39 is 0 Å². The fourth-order valence-electron chi connectivity index (χ4n) is 1.52. The van der Waals surface area contributed by atoms with Gasteiger partial charge in [-0.3, -0.25) is 10.1 Å². The second kappa shape index (κ2) is 4.97. The Morgan fingerprint density at radius 2 is 2.11 bits per heavy atom. The molecule has 19 heavy (non-hydrogen) atoms. The Morgan fingerprint density at radius 3 is 2.68 bits per heavy atom. The van der Waals surface area contributed by atoms with Crippen molar-refractivity contribution in [3.05, 3.63) is 35.0 Å². The number of rotatable bonds is 2. The zero-order valence-corrected chi connectivity index (χ0v) is 11.9. The lowest BCUT2D eigenvalue weighted by molar-refractivity contribution is 0.102. The predicted octanol–water partition coefficient (Wildman–Crippen LogP) is 2.67. The quantitative estimate of drug-likeness (QED) is 0.883. The molecule has 2 aromatic heterocycles. The summed E-state index contributed by atoms with van der Waals surface area (Å²) in [6.45, 7) is 6.08. The molecule has 0 aliphatic rings. The number of nitrogens with one attached hydrogen (secondary N) is 1. The van der Waals surface area contributed by atoms with Crippen molar-refractivity contribution < 1.29 is 4.79 Å². The highest BCUT2D eigenvalue weighted by molar-refractivity contribution is 7.13. The Bertz CT molecular complexity index is 587. The third-order valence-corrected chi connectivity index (χ3v) is 3.22. The number of hydrogen-bond acceptors (Lipinski definition) is 5. The van der Waals surface area contributed by atoms with E-state index in [1.165, 1.54) is 11.3 Å². The van der Waals surface area contributed by atoms with Gasteiger partial charge in [-0.1, -0.05) is 20.8 Å². The monoisotopic (exact) mass is 276 g/mol. The molecule has 0 saturated heterocycles. The molecule has 6 heteroatoms. The van der Waals surface area contributed by atoms with Crippen LogP contribution >= 0.6 is 11.3 Å². The number of hydrogen-bond donors (Lipinski definition) is 2. The Hall–Kier alpha value is -1.95. The lowest BCUT2D eigenvalue weighted by Crippen LogP contribution is -2.18. The molecule has 0 unspecified atom stereocenters. The van der Waals surface area contributed by atoms with Gasteiger partial charge >= 0.3 is 0 Å². The van der Waals surface area contributed by atoms with Gasteiger partial charge in [0.25, 0.3) is 5.91 Å². The molecule has 0 fully saturated rings. The number of aromatic nitrogens is 2. The van der Waals surface area contributed by atoms with Crippen molar-refractivity contribution in [2.24, 2.45) is 0 Å². The van der Waals surface area contributed by atoms with Gasteiger partial charge < -0.3 is 5.73 Å². The number of amides is 1. The van der Waals surface area contributed by atoms with Crippen molar-refractivity contribution in [2.45, 2.75) is 26.2 Å². The summed E-state index contributed by atoms with van der Waals surface area (Å²) in [4.78, 5) is 20.4. The van der Waals surface area contributed by atoms with Crippen LogP contribution in [-0.2, 0) is 5.41 Å². The summed E-state index contributed by atoms with van der Waals surface area (Å²) in [5, 5.41) is 5.10. The number of carbonyl (C=O) groups is 1. The van der Waals surface area contributed by atoms with E-state index in [1.54, 1.807) is 23.7 Å². The van der Waals surface area contributed by atoms with Crippen molar-refractivity contribution in [1.29, 1.82) is 0 Å². The first-order valence-electron chi connectivity index (χ1n) is 5.85. The fourth-order valence-corrected chi connectivity index (χ4v) is 2.05. The Kier molecular flexibility index (Phi) is 3.53. The van der Waals surface area contributed by atoms with E-state index in [-0.39, 0.29) is 11.3 Å². The lowest BCUT2D eigenvalue weighted by atomic mass is 9.90. The molecule has 0 aliphatic carbocycles. The summed E-state index contributed by atoms with van der Waals surface area (Å²) in [6.07, 6.45) is 1.64. The number of pyridine rings is 1. The molecule has 3 N–H and O–H groups in total. The molecule has 0 aromatic carbocycles. The molecular formula is C13H16N4OS. The van der Waals surface area contributed by atoms with E-state index in [2.05, 4.69) is 15.3 Å². The van der Waals surface area contributed by atoms with Gasteiger partial charge in [0.2, 0.25) is 0 Å². The van der Waals surface area contributed by atoms with Crippen molar-refractivity contribution in [1.82, 2.24) is 9.97 Å². The molecule has 2 rings (SSSR count). The van der Waals surface area contributed by atoms with E-state index in [4.69, 9.17) is 5.73 Å². The zero-order valence-electron chi connectivity index (χ0n) is 11.1. The topological polar surface area (TPSA) is 80.9 Å². The highest BCUT2D eigenvalue weighted by atomic mass is 32.1. The Morgan fingerprint density at radius 1 is 1.37 bits per heavy atom. The average Bonchev–Trinajstić information content (AvgIpc) is 2.79. The molecule has 0 bridgehead atoms. The molecule has 1 amide bonds. The van der Waals surface area contributed by atoms with Gasteiger partial charge in [-0.05, 0) is 12.1 Å². The second-order valence-electron chi connectivity index (χ2n) is 5.21. The van der Waals surface area contributed by atoms with Gasteiger partial charge in [-0.2, -0.15) is 0 Å². The fraction of sp³-hybridized carbons (Fsp3) is 0.308. The Balaban J connectivity index is 2.29. The van der Waals surface area contributed by atoms with Crippen molar-refractivity contribution in [3.8, 4) is 0 Å². The van der Waals surface area contributed by atoms with Crippen LogP contribution < -0.4 is 11.1 Å². The van der Waals surface area contributed by atoms with Crippen molar-refractivity contribution in [3.63, 3.8) is 0 Å². The number of nitrogens with two attached hydrogens (primary N) is 1. The molecule has 0 radical (unpaired) electrons. The van der Waals surface area contributed by atoms with E-state index in [0.29, 0.717) is 16.5 Å². The maximum atomic E-state index is 12.1. The van der Waals surface area contributed by atoms with Crippen LogP contribution in [0.1, 0.15) is 36.8 Å². The maximum Gasteiger partial charge on any atom is 0.257 e. The highest BCUT2D eigenvalue weighted by Crippen LogP contribution is 2.23. The largest absolute Gasteiger partial charge is 0.384 e. The van der Waals surface area contributed by atoms with E-state index in [9.17, 15) is 4.79 Å². The van der Waals surface area contributed by atoms with Crippen LogP contribution in [-0.4, -0.2) is 15.9 Å². The first-order chi connectivity index (χ1) is 8.86. The summed E-state index contributed by atoms with van der Waals surface area (Å²) < 4.78 is 0. The van der Waals surface area contributed by atoms with Crippen LogP contribution in [0, 0.1) is 0 Å². The molecule has 0 aliphatic heterocycles. The summed E-state index contributed by atoms with van der Waals surface area (Å²) >= 11 is 1.37. The van der Waals surface area contributed by atoms with Crippen LogP contribution in [0.3, 0.4) is 0 Å². The van der Waals surface area contributed by atoms with Gasteiger partial charge in [-0.15, -0.1) is 11.3 Å². The minimum Gasteiger partial charge on any atom is -0.384 e. The summed E-state index contributed by atoms with van der Waals surface area (Å²) in [5.41, 5.74) is 6.88. The summed E-state index contributed by atoms with van der Waals surface area (Å²) in [7, 11) is 0. The van der Waals surface area contributed by atoms with E-state index in [0.717, 1.165) is 5.69 Å². The molecule has 2 heterocycles. The summed E-state index contributed by atoms with van der Waals surface area (Å²) in [5.74, 6) is 0.117. The standard InChI is InChI=1S/C13H16N4OS/c1-13(2,3)9-6-8(7-10(14)16-9)11(18)17-12-15-4-5-19-12/h4-7H,1-3H3,(H2,14,16)(H,15,17,18). The minimum atomic E-state index is -0.227. The summed E-state index contributed by atoms with van der Waals surface area (Å²) in [6, 6.07) is 3.33. The van der Waals surface area contributed by atoms with Crippen LogP contribution in [0.15, 0.2) is 23.7 Å². The first-order valence-corrected chi connectivity index (χ1v) is 6.73. The van der Waals surface area contributed by atoms with Gasteiger partial charge in [0.05, 0.1) is 0 Å². The number of anilines is 2. The van der Waals surface area contributed by atoms with E-state index in [1.807, 2.05) is 20.8 Å². The predicted molar refractivity (Wildman–Crippen MR) is 77.4 cm³/mol. The van der Waals surface area contributed by atoms with Crippen molar-refractivity contribution in [2.75, 3.05) is 11.1 Å². The average molecular weight is 276 g/mol. The molecule has 5 nitrogen and oxygen atoms in total. The number of nitrogen functional groups attached to an aromatic ring is 1. The molecular weight excluding hydrogens is 260 g/mol. The SMILES string of the molecule is CC(C)(C)c1cc(C(=O)Nc2nccs2)cc(N)n1. The zero-order chi connectivity index (χ0) is 14.0. The minimum absolute atomic E-state index is 0.161. The first kappa shape index (κ1) is 13.5. The molecule has 0 spiro atoms. The highest BCUT2D eigenvalue weighted by Gasteiger charge is 2.19. The van der Waals surface area contributed by atoms with Crippen LogP contribution in [0.25, 0.3) is 0 Å². The molecule has 0 saturated carbocycles. The van der Waals surface area contributed by atoms with Crippen LogP contribution in [0.2, 0.25) is 0 Å². The Labute approximate surface area is 115 Å². The number of carbonyl (C=O) groups excluding carboxylic acids is 1. The van der Waals surface area contributed by atoms with Crippen LogP contribution in [0.5, 0.6) is 0 Å². The lowest BCUT2D eigenvalue weighted by Gasteiger charge is -2.18. The molecule has 100 valence electrons. The normalized spacial score (nSPS) is 11.3. The smallest absolute Gasteiger partial charge is 0.257 e. The van der Waals surface area contributed by atoms with Gasteiger partial charge in [0.1, 0.15) is 5.82 Å². The van der Waals surface area contributed by atoms with Crippen LogP contribution in [0.4, 0.5) is 10.9 Å². The van der Waals surface area contributed by atoms with E-state index >= 15 is 0 Å². The number of thiazole rings is 1. The number of nitrogens with zero attached hydrogens (tertiary/aromatic N) is 2. The maximum absolute atomic E-state index is 12.1. The third-order valence-electron chi connectivity index (χ3n) is 2.53. The molecule has 2 aromatic rings. The molecule has 0 atom stereocenters. The van der Waals surface area contributed by atoms with Crippen molar-refractivity contribution >= 4 is 28.2 Å². The third kappa shape index (κ3) is 3.29. The van der Waals surface area contributed by atoms with Gasteiger partial charge in [0.15, 0.2) is 5.13 Å². The van der Waals surface area contributed by atoms with Gasteiger partial charge in [-0.25, -0.2) is 9.97 Å². The van der Waals surface area contributed by atoms with Gasteiger partial charge in [0, 0.05) is 28.2 Å².